The lowest BCUT2D eigenvalue weighted by Crippen LogP contribution is -2.68. The number of fused-ring (bicyclic) bond motifs is 1. The summed E-state index contributed by atoms with van der Waals surface area (Å²) in [5, 5.41) is 3.04. The van der Waals surface area contributed by atoms with Crippen molar-refractivity contribution in [3.63, 3.8) is 0 Å². The van der Waals surface area contributed by atoms with Crippen LogP contribution in [0.25, 0.3) is 0 Å². The van der Waals surface area contributed by atoms with E-state index in [0.717, 1.165) is 49.6 Å². The van der Waals surface area contributed by atoms with Crippen LogP contribution in [0.15, 0.2) is 67.0 Å². The van der Waals surface area contributed by atoms with Gasteiger partial charge < -0.3 is 10.1 Å². The molecule has 2 aromatic carbocycles. The highest BCUT2D eigenvalue weighted by molar-refractivity contribution is 6.05. The van der Waals surface area contributed by atoms with Crippen molar-refractivity contribution in [2.75, 3.05) is 25.0 Å². The van der Waals surface area contributed by atoms with Crippen molar-refractivity contribution in [2.24, 2.45) is 0 Å². The zero-order valence-corrected chi connectivity index (χ0v) is 19.5. The molecule has 1 aromatic heterocycles. The van der Waals surface area contributed by atoms with Gasteiger partial charge >= 0.3 is 0 Å². The quantitative estimate of drug-likeness (QED) is 0.614. The number of nitrogens with one attached hydrogen (secondary N) is 1. The Hall–Kier alpha value is -3.29. The Balaban J connectivity index is 1.38. The molecule has 2 aliphatic heterocycles. The van der Waals surface area contributed by atoms with Crippen LogP contribution in [0.3, 0.4) is 0 Å². The first-order chi connectivity index (χ1) is 16.4. The minimum absolute atomic E-state index is 0.190. The van der Waals surface area contributed by atoms with Gasteiger partial charge in [0.25, 0.3) is 5.91 Å². The van der Waals surface area contributed by atoms with Crippen molar-refractivity contribution >= 4 is 11.6 Å². The molecule has 1 saturated heterocycles. The van der Waals surface area contributed by atoms with Crippen LogP contribution < -0.4 is 10.1 Å². The van der Waals surface area contributed by atoms with Crippen LogP contribution in [0.5, 0.6) is 5.75 Å². The molecule has 34 heavy (non-hydrogen) atoms. The fourth-order valence-corrected chi connectivity index (χ4v) is 4.78. The number of halogens is 1. The van der Waals surface area contributed by atoms with E-state index in [1.165, 1.54) is 12.1 Å². The van der Waals surface area contributed by atoms with E-state index in [9.17, 15) is 9.18 Å². The van der Waals surface area contributed by atoms with Crippen LogP contribution >= 0.6 is 0 Å². The number of carbonyl (C=O) groups excluding carboxylic acids is 1. The van der Waals surface area contributed by atoms with Gasteiger partial charge in [0.1, 0.15) is 17.2 Å². The monoisotopic (exact) mass is 460 g/mol. The largest absolute Gasteiger partial charge is 0.481 e. The molecule has 1 spiro atoms. The summed E-state index contributed by atoms with van der Waals surface area (Å²) in [6.07, 6.45) is 3.22. The van der Waals surface area contributed by atoms with Crippen LogP contribution in [0, 0.1) is 5.82 Å². The molecule has 3 aromatic rings. The van der Waals surface area contributed by atoms with E-state index in [0.29, 0.717) is 17.3 Å². The molecule has 3 heterocycles. The van der Waals surface area contributed by atoms with Gasteiger partial charge in [0.2, 0.25) is 0 Å². The van der Waals surface area contributed by atoms with Gasteiger partial charge in [-0.3, -0.25) is 19.6 Å². The van der Waals surface area contributed by atoms with Gasteiger partial charge in [-0.15, -0.1) is 0 Å². The SMILES string of the molecule is CC(C)N1Cc2cccc(NC(=O)c3ccncc3)c2OC2(CN(Cc3ccc(F)cc3)C2)C1. The molecule has 0 aliphatic carbocycles. The zero-order chi connectivity index (χ0) is 23.7. The van der Waals surface area contributed by atoms with Crippen LogP contribution in [0.2, 0.25) is 0 Å². The summed E-state index contributed by atoms with van der Waals surface area (Å²) < 4.78 is 20.0. The highest BCUT2D eigenvalue weighted by atomic mass is 19.1. The number of benzene rings is 2. The normalized spacial score (nSPS) is 17.5. The van der Waals surface area contributed by atoms with Gasteiger partial charge in [-0.1, -0.05) is 24.3 Å². The molecule has 1 amide bonds. The van der Waals surface area contributed by atoms with E-state index < -0.39 is 0 Å². The number of hydrogen-bond donors (Lipinski definition) is 1. The van der Waals surface area contributed by atoms with Crippen molar-refractivity contribution in [3.05, 3.63) is 89.5 Å². The third kappa shape index (κ3) is 4.67. The molecule has 0 unspecified atom stereocenters. The Labute approximate surface area is 199 Å². The average Bonchev–Trinajstić information content (AvgIpc) is 2.99. The number of hydrogen-bond acceptors (Lipinski definition) is 5. The first kappa shape index (κ1) is 22.5. The number of ether oxygens (including phenoxy) is 1. The molecular formula is C27H29FN4O2. The standard InChI is InChI=1S/C27H29FN4O2/c1-19(2)32-15-22-4-3-5-24(30-26(33)21-10-12-29-13-11-21)25(22)34-27(18-32)16-31(17-27)14-20-6-8-23(28)9-7-20/h3-13,19H,14-18H2,1-2H3,(H,30,33). The summed E-state index contributed by atoms with van der Waals surface area (Å²) in [4.78, 5) is 21.6. The second-order valence-corrected chi connectivity index (χ2v) is 9.54. The summed E-state index contributed by atoms with van der Waals surface area (Å²) in [6.45, 7) is 8.23. The van der Waals surface area contributed by atoms with Gasteiger partial charge in [-0.2, -0.15) is 0 Å². The molecule has 1 N–H and O–H groups in total. The van der Waals surface area contributed by atoms with Gasteiger partial charge in [0, 0.05) is 62.3 Å². The van der Waals surface area contributed by atoms with E-state index in [4.69, 9.17) is 4.74 Å². The summed E-state index contributed by atoms with van der Waals surface area (Å²) in [6, 6.07) is 16.3. The molecular weight excluding hydrogens is 431 g/mol. The second-order valence-electron chi connectivity index (χ2n) is 9.54. The van der Waals surface area contributed by atoms with Gasteiger partial charge in [-0.05, 0) is 49.7 Å². The highest BCUT2D eigenvalue weighted by Gasteiger charge is 2.48. The average molecular weight is 461 g/mol. The smallest absolute Gasteiger partial charge is 0.255 e. The first-order valence-corrected chi connectivity index (χ1v) is 11.6. The number of nitrogens with zero attached hydrogens (tertiary/aromatic N) is 3. The number of likely N-dealkylation sites (tertiary alicyclic amines) is 1. The summed E-state index contributed by atoms with van der Waals surface area (Å²) in [7, 11) is 0. The zero-order valence-electron chi connectivity index (χ0n) is 19.5. The number of rotatable bonds is 5. The Morgan fingerprint density at radius 1 is 1.09 bits per heavy atom. The third-order valence-electron chi connectivity index (χ3n) is 6.54. The Morgan fingerprint density at radius 3 is 2.53 bits per heavy atom. The predicted octanol–water partition coefficient (Wildman–Crippen LogP) is 4.33. The number of para-hydroxylation sites is 1. The van der Waals surface area contributed by atoms with E-state index in [2.05, 4.69) is 40.0 Å². The second kappa shape index (κ2) is 9.16. The number of carbonyl (C=O) groups is 1. The molecule has 0 saturated carbocycles. The maximum atomic E-state index is 13.3. The number of pyridine rings is 1. The Kier molecular flexibility index (Phi) is 6.06. The van der Waals surface area contributed by atoms with E-state index in [-0.39, 0.29) is 17.3 Å². The number of aromatic nitrogens is 1. The maximum Gasteiger partial charge on any atom is 0.255 e. The van der Waals surface area contributed by atoms with E-state index in [1.54, 1.807) is 24.5 Å². The first-order valence-electron chi connectivity index (χ1n) is 11.6. The third-order valence-corrected chi connectivity index (χ3v) is 6.54. The molecule has 0 atom stereocenters. The number of amides is 1. The van der Waals surface area contributed by atoms with Gasteiger partial charge in [0.15, 0.2) is 0 Å². The van der Waals surface area contributed by atoms with Crippen molar-refractivity contribution in [1.29, 1.82) is 0 Å². The molecule has 6 nitrogen and oxygen atoms in total. The Morgan fingerprint density at radius 2 is 1.82 bits per heavy atom. The van der Waals surface area contributed by atoms with Crippen LogP contribution in [0.1, 0.15) is 35.3 Å². The van der Waals surface area contributed by atoms with Gasteiger partial charge in [0.05, 0.1) is 5.69 Å². The minimum atomic E-state index is -0.368. The summed E-state index contributed by atoms with van der Waals surface area (Å²) in [5.41, 5.74) is 3.01. The molecule has 5 rings (SSSR count). The van der Waals surface area contributed by atoms with Crippen molar-refractivity contribution < 1.29 is 13.9 Å². The van der Waals surface area contributed by atoms with Gasteiger partial charge in [-0.25, -0.2) is 4.39 Å². The van der Waals surface area contributed by atoms with Crippen LogP contribution in [0.4, 0.5) is 10.1 Å². The van der Waals surface area contributed by atoms with Crippen molar-refractivity contribution in [3.8, 4) is 5.75 Å². The molecule has 176 valence electrons. The lowest BCUT2D eigenvalue weighted by molar-refractivity contribution is -0.0966. The molecule has 1 fully saturated rings. The molecule has 0 bridgehead atoms. The lowest BCUT2D eigenvalue weighted by atomic mass is 9.92. The van der Waals surface area contributed by atoms with E-state index in [1.807, 2.05) is 24.3 Å². The van der Waals surface area contributed by atoms with E-state index >= 15 is 0 Å². The summed E-state index contributed by atoms with van der Waals surface area (Å²) >= 11 is 0. The maximum absolute atomic E-state index is 13.3. The summed E-state index contributed by atoms with van der Waals surface area (Å²) in [5.74, 6) is 0.334. The van der Waals surface area contributed by atoms with Crippen molar-refractivity contribution in [2.45, 2.75) is 38.6 Å². The predicted molar refractivity (Wildman–Crippen MR) is 129 cm³/mol. The van der Waals surface area contributed by atoms with Crippen molar-refractivity contribution in [1.82, 2.24) is 14.8 Å². The molecule has 7 heteroatoms. The topological polar surface area (TPSA) is 57.7 Å². The highest BCUT2D eigenvalue weighted by Crippen LogP contribution is 2.40. The molecule has 2 aliphatic rings. The lowest BCUT2D eigenvalue weighted by Gasteiger charge is -2.51. The Bertz CT molecular complexity index is 1160. The van der Waals surface area contributed by atoms with Crippen LogP contribution in [-0.4, -0.2) is 52.0 Å². The molecule has 0 radical (unpaired) electrons. The minimum Gasteiger partial charge on any atom is -0.481 e. The fourth-order valence-electron chi connectivity index (χ4n) is 4.78. The van der Waals surface area contributed by atoms with Crippen LogP contribution in [-0.2, 0) is 13.1 Å². The number of anilines is 1. The fraction of sp³-hybridized carbons (Fsp3) is 0.333.